The Morgan fingerprint density at radius 1 is 1.40 bits per heavy atom. The first-order chi connectivity index (χ1) is 9.65. The molecule has 1 atom stereocenters. The predicted octanol–water partition coefficient (Wildman–Crippen LogP) is 4.80. The fourth-order valence-electron chi connectivity index (χ4n) is 2.60. The van der Waals surface area contributed by atoms with Crippen LogP contribution in [0.25, 0.3) is 0 Å². The van der Waals surface area contributed by atoms with Gasteiger partial charge >= 0.3 is 0 Å². The Balaban J connectivity index is 1.92. The van der Waals surface area contributed by atoms with Gasteiger partial charge in [0.1, 0.15) is 5.69 Å². The fourth-order valence-corrected chi connectivity index (χ4v) is 3.76. The maximum Gasteiger partial charge on any atom is 0.293 e. The van der Waals surface area contributed by atoms with Gasteiger partial charge in [0, 0.05) is 16.0 Å². The van der Waals surface area contributed by atoms with Crippen molar-refractivity contribution in [1.29, 1.82) is 0 Å². The number of fused-ring (bicyclic) bond motifs is 1. The van der Waals surface area contributed by atoms with Crippen LogP contribution in [0.3, 0.4) is 0 Å². The van der Waals surface area contributed by atoms with E-state index in [0.29, 0.717) is 10.7 Å². The molecule has 4 nitrogen and oxygen atoms in total. The Labute approximate surface area is 125 Å². The molecule has 1 N–H and O–H groups in total. The molecule has 2 aromatic rings. The molecule has 1 heterocycles. The van der Waals surface area contributed by atoms with Gasteiger partial charge in [-0.05, 0) is 48.4 Å². The number of hydrogen-bond acceptors (Lipinski definition) is 4. The fraction of sp³-hybridized carbons (Fsp3) is 0.286. The van der Waals surface area contributed by atoms with Gasteiger partial charge in [0.15, 0.2) is 0 Å². The Bertz CT molecular complexity index is 656. The van der Waals surface area contributed by atoms with Crippen molar-refractivity contribution in [2.75, 3.05) is 5.32 Å². The van der Waals surface area contributed by atoms with Crippen molar-refractivity contribution in [2.45, 2.75) is 25.3 Å². The van der Waals surface area contributed by atoms with Gasteiger partial charge in [-0.3, -0.25) is 10.1 Å². The molecule has 0 bridgehead atoms. The van der Waals surface area contributed by atoms with Crippen molar-refractivity contribution in [3.8, 4) is 0 Å². The van der Waals surface area contributed by atoms with E-state index < -0.39 is 4.92 Å². The van der Waals surface area contributed by atoms with Crippen molar-refractivity contribution < 1.29 is 4.92 Å². The molecular weight excluding hydrogens is 296 g/mol. The Morgan fingerprint density at radius 2 is 2.25 bits per heavy atom. The zero-order chi connectivity index (χ0) is 14.1. The molecule has 1 aromatic carbocycles. The monoisotopic (exact) mass is 308 g/mol. The van der Waals surface area contributed by atoms with Crippen molar-refractivity contribution in [3.63, 3.8) is 0 Å². The normalized spacial score (nSPS) is 17.6. The maximum absolute atomic E-state index is 11.1. The highest BCUT2D eigenvalue weighted by Crippen LogP contribution is 2.38. The number of benzene rings is 1. The summed E-state index contributed by atoms with van der Waals surface area (Å²) in [7, 11) is 0. The number of hydrogen-bond donors (Lipinski definition) is 1. The average molecular weight is 309 g/mol. The van der Waals surface area contributed by atoms with Crippen LogP contribution >= 0.6 is 22.9 Å². The molecule has 0 spiro atoms. The molecule has 0 aliphatic heterocycles. The minimum atomic E-state index is -0.397. The zero-order valence-electron chi connectivity index (χ0n) is 10.6. The van der Waals surface area contributed by atoms with Crippen molar-refractivity contribution in [2.24, 2.45) is 0 Å². The number of anilines is 1. The van der Waals surface area contributed by atoms with E-state index in [-0.39, 0.29) is 11.7 Å². The summed E-state index contributed by atoms with van der Waals surface area (Å²) in [5, 5.41) is 16.9. The third kappa shape index (κ3) is 2.51. The maximum atomic E-state index is 11.1. The molecule has 1 aliphatic carbocycles. The smallest absolute Gasteiger partial charge is 0.293 e. The second-order valence-electron chi connectivity index (χ2n) is 4.81. The molecule has 0 saturated heterocycles. The van der Waals surface area contributed by atoms with Crippen LogP contribution in [0.15, 0.2) is 29.6 Å². The van der Waals surface area contributed by atoms with E-state index in [2.05, 4.69) is 16.8 Å². The number of thiophene rings is 1. The largest absolute Gasteiger partial charge is 0.373 e. The van der Waals surface area contributed by atoms with Gasteiger partial charge in [0.05, 0.1) is 11.0 Å². The number of nitrogens with zero attached hydrogens (tertiary/aromatic N) is 1. The summed E-state index contributed by atoms with van der Waals surface area (Å²) in [5.41, 5.74) is 1.83. The van der Waals surface area contributed by atoms with Gasteiger partial charge in [0.25, 0.3) is 5.69 Å². The third-order valence-corrected chi connectivity index (χ3v) is 4.77. The quantitative estimate of drug-likeness (QED) is 0.654. The van der Waals surface area contributed by atoms with Gasteiger partial charge in [-0.15, -0.1) is 11.3 Å². The number of nitro benzene ring substituents is 1. The van der Waals surface area contributed by atoms with E-state index in [9.17, 15) is 10.1 Å². The SMILES string of the molecule is O=[N+]([O-])c1cc(Cl)ccc1NC1CCCc2sccc21. The topological polar surface area (TPSA) is 55.2 Å². The van der Waals surface area contributed by atoms with Gasteiger partial charge in [-0.1, -0.05) is 11.6 Å². The highest BCUT2D eigenvalue weighted by Gasteiger charge is 2.24. The first-order valence-corrected chi connectivity index (χ1v) is 7.67. The summed E-state index contributed by atoms with van der Waals surface area (Å²) in [6.07, 6.45) is 3.20. The summed E-state index contributed by atoms with van der Waals surface area (Å²) < 4.78 is 0. The van der Waals surface area contributed by atoms with Crippen LogP contribution in [-0.2, 0) is 6.42 Å². The highest BCUT2D eigenvalue weighted by molar-refractivity contribution is 7.10. The van der Waals surface area contributed by atoms with Crippen molar-refractivity contribution in [3.05, 3.63) is 55.2 Å². The Hall–Kier alpha value is -1.59. The molecule has 1 unspecified atom stereocenters. The van der Waals surface area contributed by atoms with Crippen LogP contribution in [0.1, 0.15) is 29.3 Å². The number of rotatable bonds is 3. The lowest BCUT2D eigenvalue weighted by molar-refractivity contribution is -0.384. The molecule has 104 valence electrons. The first kappa shape index (κ1) is 13.4. The minimum Gasteiger partial charge on any atom is -0.373 e. The van der Waals surface area contributed by atoms with E-state index in [4.69, 9.17) is 11.6 Å². The molecule has 1 aliphatic rings. The lowest BCUT2D eigenvalue weighted by Gasteiger charge is -2.24. The average Bonchev–Trinajstić information content (AvgIpc) is 2.90. The third-order valence-electron chi connectivity index (χ3n) is 3.54. The second kappa shape index (κ2) is 5.42. The van der Waals surface area contributed by atoms with Crippen molar-refractivity contribution in [1.82, 2.24) is 0 Å². The van der Waals surface area contributed by atoms with Gasteiger partial charge in [-0.25, -0.2) is 0 Å². The summed E-state index contributed by atoms with van der Waals surface area (Å²) in [5.74, 6) is 0. The Kier molecular flexibility index (Phi) is 3.63. The summed E-state index contributed by atoms with van der Waals surface area (Å²) in [4.78, 5) is 12.1. The van der Waals surface area contributed by atoms with Crippen LogP contribution in [0.4, 0.5) is 11.4 Å². The van der Waals surface area contributed by atoms with Crippen LogP contribution in [-0.4, -0.2) is 4.92 Å². The molecule has 0 amide bonds. The van der Waals surface area contributed by atoms with Crippen LogP contribution in [0, 0.1) is 10.1 Å². The number of aryl methyl sites for hydroxylation is 1. The van der Waals surface area contributed by atoms with Gasteiger partial charge < -0.3 is 5.32 Å². The van der Waals surface area contributed by atoms with Crippen LogP contribution < -0.4 is 5.32 Å². The zero-order valence-corrected chi connectivity index (χ0v) is 12.2. The number of nitro groups is 1. The number of halogens is 1. The molecule has 0 radical (unpaired) electrons. The summed E-state index contributed by atoms with van der Waals surface area (Å²) in [6.45, 7) is 0. The second-order valence-corrected chi connectivity index (χ2v) is 6.24. The van der Waals surface area contributed by atoms with E-state index in [1.807, 2.05) is 0 Å². The van der Waals surface area contributed by atoms with Crippen LogP contribution in [0.5, 0.6) is 0 Å². The van der Waals surface area contributed by atoms with E-state index >= 15 is 0 Å². The van der Waals surface area contributed by atoms with E-state index in [1.165, 1.54) is 16.5 Å². The molecular formula is C14H13ClN2O2S. The predicted molar refractivity (Wildman–Crippen MR) is 81.7 cm³/mol. The standard InChI is InChI=1S/C14H13ClN2O2S/c15-9-4-5-12(13(8-9)17(18)19)16-11-2-1-3-14-10(11)6-7-20-14/h4-8,11,16H,1-3H2. The molecule has 1 aromatic heterocycles. The molecule has 6 heteroatoms. The molecule has 0 fully saturated rings. The Morgan fingerprint density at radius 3 is 3.05 bits per heavy atom. The van der Waals surface area contributed by atoms with Gasteiger partial charge in [-0.2, -0.15) is 0 Å². The first-order valence-electron chi connectivity index (χ1n) is 6.42. The molecule has 3 rings (SSSR count). The highest BCUT2D eigenvalue weighted by atomic mass is 35.5. The molecule has 20 heavy (non-hydrogen) atoms. The van der Waals surface area contributed by atoms with E-state index in [1.54, 1.807) is 23.5 Å². The van der Waals surface area contributed by atoms with Crippen LogP contribution in [0.2, 0.25) is 5.02 Å². The van der Waals surface area contributed by atoms with E-state index in [0.717, 1.165) is 19.3 Å². The lowest BCUT2D eigenvalue weighted by atomic mass is 9.94. The summed E-state index contributed by atoms with van der Waals surface area (Å²) in [6, 6.07) is 7.00. The summed E-state index contributed by atoms with van der Waals surface area (Å²) >= 11 is 7.59. The minimum absolute atomic E-state index is 0.0276. The molecule has 0 saturated carbocycles. The van der Waals surface area contributed by atoms with Gasteiger partial charge in [0.2, 0.25) is 0 Å². The van der Waals surface area contributed by atoms with Crippen molar-refractivity contribution >= 4 is 34.3 Å². The lowest BCUT2D eigenvalue weighted by Crippen LogP contribution is -2.16. The number of nitrogens with one attached hydrogen (secondary N) is 1.